The molecular formula is C11H16BrNO2. The predicted molar refractivity (Wildman–Crippen MR) is 64.2 cm³/mol. The zero-order valence-electron chi connectivity index (χ0n) is 9.13. The van der Waals surface area contributed by atoms with Crippen molar-refractivity contribution in [3.63, 3.8) is 0 Å². The van der Waals surface area contributed by atoms with Crippen molar-refractivity contribution in [3.05, 3.63) is 27.2 Å². The molecule has 1 atom stereocenters. The van der Waals surface area contributed by atoms with E-state index in [4.69, 9.17) is 5.11 Å². The predicted octanol–water partition coefficient (Wildman–Crippen LogP) is 2.02. The number of phenols is 1. The summed E-state index contributed by atoms with van der Waals surface area (Å²) in [6, 6.07) is 1.61. The molecule has 0 aliphatic carbocycles. The molecule has 0 saturated heterocycles. The summed E-state index contributed by atoms with van der Waals surface area (Å²) in [5.41, 5.74) is 2.58. The van der Waals surface area contributed by atoms with Gasteiger partial charge in [-0.3, -0.25) is 0 Å². The summed E-state index contributed by atoms with van der Waals surface area (Å²) in [6.45, 7) is 3.76. The van der Waals surface area contributed by atoms with Crippen LogP contribution >= 0.6 is 15.9 Å². The first-order chi connectivity index (χ1) is 7.02. The van der Waals surface area contributed by atoms with E-state index in [1.54, 1.807) is 7.05 Å². The summed E-state index contributed by atoms with van der Waals surface area (Å²) < 4.78 is 0.946. The van der Waals surface area contributed by atoms with Gasteiger partial charge in [-0.1, -0.05) is 15.9 Å². The number of hydrogen-bond acceptors (Lipinski definition) is 3. The number of phenolic OH excluding ortho intramolecular Hbond substituents is 1. The van der Waals surface area contributed by atoms with Gasteiger partial charge in [-0.05, 0) is 38.1 Å². The summed E-state index contributed by atoms with van der Waals surface area (Å²) in [5.74, 6) is 0.254. The third-order valence-corrected chi connectivity index (χ3v) is 3.56. The van der Waals surface area contributed by atoms with E-state index in [2.05, 4.69) is 21.2 Å². The molecule has 0 fully saturated rings. The maximum Gasteiger partial charge on any atom is 0.123 e. The van der Waals surface area contributed by atoms with Crippen LogP contribution in [-0.2, 0) is 0 Å². The zero-order valence-corrected chi connectivity index (χ0v) is 10.7. The van der Waals surface area contributed by atoms with Crippen LogP contribution in [0.4, 0.5) is 0 Å². The van der Waals surface area contributed by atoms with Crippen molar-refractivity contribution < 1.29 is 10.2 Å². The number of hydrogen-bond donors (Lipinski definition) is 3. The molecule has 0 bridgehead atoms. The summed E-state index contributed by atoms with van der Waals surface area (Å²) in [4.78, 5) is 0. The highest BCUT2D eigenvalue weighted by atomic mass is 79.9. The van der Waals surface area contributed by atoms with Crippen LogP contribution in [-0.4, -0.2) is 23.9 Å². The number of likely N-dealkylation sites (N-methyl/N-ethyl adjacent to an activating group) is 1. The lowest BCUT2D eigenvalue weighted by atomic mass is 9.99. The molecule has 84 valence electrons. The topological polar surface area (TPSA) is 52.5 Å². The summed E-state index contributed by atoms with van der Waals surface area (Å²) >= 11 is 3.44. The Hall–Kier alpha value is -0.580. The summed E-state index contributed by atoms with van der Waals surface area (Å²) in [7, 11) is 1.75. The highest BCUT2D eigenvalue weighted by molar-refractivity contribution is 9.10. The second-order valence-electron chi connectivity index (χ2n) is 3.57. The van der Waals surface area contributed by atoms with Crippen LogP contribution in [0.5, 0.6) is 5.75 Å². The summed E-state index contributed by atoms with van der Waals surface area (Å²) in [5, 5.41) is 22.1. The Morgan fingerprint density at radius 2 is 2.00 bits per heavy atom. The monoisotopic (exact) mass is 273 g/mol. The molecule has 0 amide bonds. The standard InChI is InChI=1S/C11H16BrNO2/c1-6-7(2)11(15)8(4-9(6)12)10(5-14)13-3/h4,10,13-15H,5H2,1-3H3/t10-/m1/s1. The molecule has 0 aliphatic rings. The molecule has 15 heavy (non-hydrogen) atoms. The Morgan fingerprint density at radius 3 is 2.47 bits per heavy atom. The van der Waals surface area contributed by atoms with Gasteiger partial charge in [-0.2, -0.15) is 0 Å². The molecule has 0 spiro atoms. The zero-order chi connectivity index (χ0) is 11.6. The van der Waals surface area contributed by atoms with Gasteiger partial charge in [0.05, 0.1) is 12.6 Å². The summed E-state index contributed by atoms with van der Waals surface area (Å²) in [6.07, 6.45) is 0. The first-order valence-electron chi connectivity index (χ1n) is 4.79. The van der Waals surface area contributed by atoms with Crippen LogP contribution in [0, 0.1) is 13.8 Å². The largest absolute Gasteiger partial charge is 0.507 e. The van der Waals surface area contributed by atoms with Crippen LogP contribution in [0.3, 0.4) is 0 Å². The number of halogens is 1. The maximum absolute atomic E-state index is 9.96. The molecule has 4 heteroatoms. The first kappa shape index (κ1) is 12.5. The molecule has 0 aromatic heterocycles. The molecule has 0 unspecified atom stereocenters. The SMILES string of the molecule is CN[C@H](CO)c1cc(Br)c(C)c(C)c1O. The Morgan fingerprint density at radius 1 is 1.40 bits per heavy atom. The first-order valence-corrected chi connectivity index (χ1v) is 5.58. The van der Waals surface area contributed by atoms with Crippen LogP contribution in [0.1, 0.15) is 22.7 Å². The Bertz CT molecular complexity index is 362. The molecule has 1 aromatic rings. The average Bonchev–Trinajstić information content (AvgIpc) is 2.24. The van der Waals surface area contributed by atoms with E-state index in [-0.39, 0.29) is 18.4 Å². The fourth-order valence-corrected chi connectivity index (χ4v) is 2.04. The van der Waals surface area contributed by atoms with Crippen molar-refractivity contribution in [3.8, 4) is 5.75 Å². The van der Waals surface area contributed by atoms with E-state index in [1.807, 2.05) is 19.9 Å². The minimum atomic E-state index is -0.236. The number of aliphatic hydroxyl groups excluding tert-OH is 1. The number of nitrogens with one attached hydrogen (secondary N) is 1. The lowest BCUT2D eigenvalue weighted by Gasteiger charge is -2.18. The van der Waals surface area contributed by atoms with E-state index in [0.717, 1.165) is 21.2 Å². The highest BCUT2D eigenvalue weighted by Crippen LogP contribution is 2.34. The third-order valence-electron chi connectivity index (χ3n) is 2.74. The lowest BCUT2D eigenvalue weighted by Crippen LogP contribution is -2.20. The van der Waals surface area contributed by atoms with E-state index < -0.39 is 0 Å². The van der Waals surface area contributed by atoms with Crippen molar-refractivity contribution in [1.82, 2.24) is 5.32 Å². The second kappa shape index (κ2) is 4.96. The maximum atomic E-state index is 9.96. The molecule has 0 radical (unpaired) electrons. The molecular weight excluding hydrogens is 258 g/mol. The van der Waals surface area contributed by atoms with Crippen molar-refractivity contribution in [1.29, 1.82) is 0 Å². The molecule has 3 N–H and O–H groups in total. The number of aliphatic hydroxyl groups is 1. The van der Waals surface area contributed by atoms with Crippen molar-refractivity contribution in [2.45, 2.75) is 19.9 Å². The van der Waals surface area contributed by atoms with Crippen molar-refractivity contribution >= 4 is 15.9 Å². The third kappa shape index (κ3) is 2.33. The van der Waals surface area contributed by atoms with Gasteiger partial charge in [0.2, 0.25) is 0 Å². The van der Waals surface area contributed by atoms with Gasteiger partial charge in [-0.25, -0.2) is 0 Å². The minimum Gasteiger partial charge on any atom is -0.507 e. The van der Waals surface area contributed by atoms with E-state index in [9.17, 15) is 5.11 Å². The van der Waals surface area contributed by atoms with E-state index >= 15 is 0 Å². The van der Waals surface area contributed by atoms with E-state index in [1.165, 1.54) is 0 Å². The molecule has 0 saturated carbocycles. The highest BCUT2D eigenvalue weighted by Gasteiger charge is 2.16. The van der Waals surface area contributed by atoms with E-state index in [0.29, 0.717) is 0 Å². The smallest absolute Gasteiger partial charge is 0.123 e. The number of aromatic hydroxyl groups is 1. The molecule has 1 aromatic carbocycles. The van der Waals surface area contributed by atoms with Crippen molar-refractivity contribution in [2.75, 3.05) is 13.7 Å². The lowest BCUT2D eigenvalue weighted by molar-refractivity contribution is 0.248. The molecule has 3 nitrogen and oxygen atoms in total. The van der Waals surface area contributed by atoms with Gasteiger partial charge in [0.15, 0.2) is 0 Å². The van der Waals surface area contributed by atoms with Crippen LogP contribution in [0.25, 0.3) is 0 Å². The van der Waals surface area contributed by atoms with Crippen molar-refractivity contribution in [2.24, 2.45) is 0 Å². The Balaban J connectivity index is 3.31. The quantitative estimate of drug-likeness (QED) is 0.790. The fourth-order valence-electron chi connectivity index (χ4n) is 1.50. The molecule has 0 aliphatic heterocycles. The van der Waals surface area contributed by atoms with Gasteiger partial charge in [0, 0.05) is 10.0 Å². The molecule has 1 rings (SSSR count). The van der Waals surface area contributed by atoms with Gasteiger partial charge in [-0.15, -0.1) is 0 Å². The number of rotatable bonds is 3. The van der Waals surface area contributed by atoms with Gasteiger partial charge in [0.1, 0.15) is 5.75 Å². The van der Waals surface area contributed by atoms with Crippen LogP contribution < -0.4 is 5.32 Å². The minimum absolute atomic E-state index is 0.0427. The Labute approximate surface area is 98.3 Å². The fraction of sp³-hybridized carbons (Fsp3) is 0.455. The van der Waals surface area contributed by atoms with Crippen LogP contribution in [0.15, 0.2) is 10.5 Å². The second-order valence-corrected chi connectivity index (χ2v) is 4.42. The molecule has 0 heterocycles. The normalized spacial score (nSPS) is 12.9. The van der Waals surface area contributed by atoms with Gasteiger partial charge < -0.3 is 15.5 Å². The van der Waals surface area contributed by atoms with Crippen LogP contribution in [0.2, 0.25) is 0 Å². The number of benzene rings is 1. The average molecular weight is 274 g/mol. The van der Waals surface area contributed by atoms with Gasteiger partial charge >= 0.3 is 0 Å². The van der Waals surface area contributed by atoms with Gasteiger partial charge in [0.25, 0.3) is 0 Å². The Kier molecular flexibility index (Phi) is 4.13.